The molecule has 1 atom stereocenters. The number of aromatic nitrogens is 1. The molecule has 0 saturated carbocycles. The zero-order chi connectivity index (χ0) is 10.1. The molecule has 0 amide bonds. The second kappa shape index (κ2) is 3.38. The van der Waals surface area contributed by atoms with Crippen LogP contribution >= 0.6 is 0 Å². The maximum atomic E-state index is 11.4. The number of anilines is 1. The highest BCUT2D eigenvalue weighted by Crippen LogP contribution is 2.21. The molecule has 0 fully saturated rings. The van der Waals surface area contributed by atoms with Crippen molar-refractivity contribution in [1.29, 1.82) is 0 Å². The first-order valence-electron chi connectivity index (χ1n) is 4.17. The molecule has 1 aromatic carbocycles. The van der Waals surface area contributed by atoms with Crippen LogP contribution in [-0.2, 0) is 10.8 Å². The van der Waals surface area contributed by atoms with Gasteiger partial charge in [-0.3, -0.25) is 4.21 Å². The van der Waals surface area contributed by atoms with Gasteiger partial charge in [-0.25, -0.2) is 4.98 Å². The van der Waals surface area contributed by atoms with Gasteiger partial charge in [0, 0.05) is 11.6 Å². The van der Waals surface area contributed by atoms with Crippen LogP contribution in [0, 0.1) is 0 Å². The average Bonchev–Trinajstić information content (AvgIpc) is 2.16. The van der Waals surface area contributed by atoms with Gasteiger partial charge in [0.2, 0.25) is 0 Å². The molecule has 1 heterocycles. The summed E-state index contributed by atoms with van der Waals surface area (Å²) in [5, 5.41) is 0.905. The first kappa shape index (κ1) is 9.15. The molecule has 2 aromatic rings. The molecule has 0 spiro atoms. The third-order valence-corrected chi connectivity index (χ3v) is 2.96. The van der Waals surface area contributed by atoms with Gasteiger partial charge in [-0.15, -0.1) is 0 Å². The summed E-state index contributed by atoms with van der Waals surface area (Å²) in [6, 6.07) is 9.21. The highest BCUT2D eigenvalue weighted by molar-refractivity contribution is 7.84. The topological polar surface area (TPSA) is 56.0 Å². The Balaban J connectivity index is 2.87. The molecule has 0 radical (unpaired) electrons. The summed E-state index contributed by atoms with van der Waals surface area (Å²) in [6.07, 6.45) is 1.64. The van der Waals surface area contributed by atoms with Crippen molar-refractivity contribution in [2.75, 3.05) is 12.0 Å². The van der Waals surface area contributed by atoms with Crippen LogP contribution in [0.3, 0.4) is 0 Å². The maximum absolute atomic E-state index is 11.4. The minimum absolute atomic E-state index is 0.411. The molecule has 14 heavy (non-hydrogen) atoms. The van der Waals surface area contributed by atoms with Crippen LogP contribution in [0.1, 0.15) is 0 Å². The number of para-hydroxylation sites is 1. The van der Waals surface area contributed by atoms with Crippen molar-refractivity contribution in [1.82, 2.24) is 4.98 Å². The summed E-state index contributed by atoms with van der Waals surface area (Å²) in [6.45, 7) is 0. The summed E-state index contributed by atoms with van der Waals surface area (Å²) >= 11 is 0. The predicted octanol–water partition coefficient (Wildman–Crippen LogP) is 1.55. The van der Waals surface area contributed by atoms with Crippen molar-refractivity contribution in [3.63, 3.8) is 0 Å². The normalized spacial score (nSPS) is 12.9. The Bertz CT molecular complexity index is 510. The third kappa shape index (κ3) is 1.48. The van der Waals surface area contributed by atoms with Gasteiger partial charge in [-0.2, -0.15) is 0 Å². The van der Waals surface area contributed by atoms with Gasteiger partial charge in [0.15, 0.2) is 0 Å². The Labute approximate surface area is 84.4 Å². The summed E-state index contributed by atoms with van der Waals surface area (Å²) in [5.41, 5.74) is 6.41. The van der Waals surface area contributed by atoms with E-state index in [1.165, 1.54) is 0 Å². The van der Waals surface area contributed by atoms with Gasteiger partial charge >= 0.3 is 0 Å². The number of pyridine rings is 1. The monoisotopic (exact) mass is 206 g/mol. The summed E-state index contributed by atoms with van der Waals surface area (Å²) < 4.78 is 11.4. The van der Waals surface area contributed by atoms with Crippen LogP contribution < -0.4 is 5.73 Å². The quantitative estimate of drug-likeness (QED) is 0.770. The summed E-state index contributed by atoms with van der Waals surface area (Å²) in [5.74, 6) is 0.411. The Morgan fingerprint density at radius 1 is 1.36 bits per heavy atom. The van der Waals surface area contributed by atoms with Crippen molar-refractivity contribution in [2.45, 2.75) is 4.90 Å². The Morgan fingerprint density at radius 3 is 2.79 bits per heavy atom. The fourth-order valence-corrected chi connectivity index (χ4v) is 2.17. The van der Waals surface area contributed by atoms with E-state index in [2.05, 4.69) is 4.98 Å². The van der Waals surface area contributed by atoms with E-state index >= 15 is 0 Å². The van der Waals surface area contributed by atoms with E-state index in [1.807, 2.05) is 24.3 Å². The van der Waals surface area contributed by atoms with Gasteiger partial charge in [0.1, 0.15) is 5.82 Å². The number of rotatable bonds is 1. The SMILES string of the molecule is CS(=O)c1cc(N)nc2ccccc12. The van der Waals surface area contributed by atoms with Crippen LogP contribution in [0.25, 0.3) is 10.9 Å². The number of benzene rings is 1. The Hall–Kier alpha value is -1.42. The molecule has 3 nitrogen and oxygen atoms in total. The molecule has 0 saturated heterocycles. The molecule has 0 aliphatic rings. The van der Waals surface area contributed by atoms with E-state index in [0.717, 1.165) is 15.8 Å². The molecule has 1 aromatic heterocycles. The summed E-state index contributed by atoms with van der Waals surface area (Å²) in [4.78, 5) is 4.91. The largest absolute Gasteiger partial charge is 0.384 e. The van der Waals surface area contributed by atoms with Gasteiger partial charge in [-0.05, 0) is 12.1 Å². The fourth-order valence-electron chi connectivity index (χ4n) is 1.40. The molecule has 1 unspecified atom stereocenters. The fraction of sp³-hybridized carbons (Fsp3) is 0.100. The van der Waals surface area contributed by atoms with Crippen LogP contribution in [0.4, 0.5) is 5.82 Å². The average molecular weight is 206 g/mol. The Kier molecular flexibility index (Phi) is 2.21. The van der Waals surface area contributed by atoms with Gasteiger partial charge in [0.25, 0.3) is 0 Å². The van der Waals surface area contributed by atoms with Crippen molar-refractivity contribution in [3.05, 3.63) is 30.3 Å². The van der Waals surface area contributed by atoms with Crippen molar-refractivity contribution in [2.24, 2.45) is 0 Å². The molecular formula is C10H10N2OS. The lowest BCUT2D eigenvalue weighted by Gasteiger charge is -2.04. The first-order chi connectivity index (χ1) is 6.68. The van der Waals surface area contributed by atoms with E-state index in [0.29, 0.717) is 5.82 Å². The van der Waals surface area contributed by atoms with E-state index in [9.17, 15) is 4.21 Å². The predicted molar refractivity (Wildman–Crippen MR) is 58.5 cm³/mol. The minimum atomic E-state index is -1.03. The lowest BCUT2D eigenvalue weighted by Crippen LogP contribution is -1.96. The lowest BCUT2D eigenvalue weighted by molar-refractivity contribution is 0.687. The standard InChI is InChI=1S/C10H10N2OS/c1-14(13)9-6-10(11)12-8-5-3-2-4-7(8)9/h2-6H,1H3,(H2,11,12). The second-order valence-corrected chi connectivity index (χ2v) is 4.36. The highest BCUT2D eigenvalue weighted by Gasteiger charge is 2.06. The molecule has 0 bridgehead atoms. The van der Waals surface area contributed by atoms with Crippen LogP contribution in [0.5, 0.6) is 0 Å². The van der Waals surface area contributed by atoms with E-state index < -0.39 is 10.8 Å². The highest BCUT2D eigenvalue weighted by atomic mass is 32.2. The molecule has 2 N–H and O–H groups in total. The van der Waals surface area contributed by atoms with E-state index in [-0.39, 0.29) is 0 Å². The number of nitrogens with two attached hydrogens (primary N) is 1. The molecular weight excluding hydrogens is 196 g/mol. The summed E-state index contributed by atoms with van der Waals surface area (Å²) in [7, 11) is -1.03. The number of hydrogen-bond acceptors (Lipinski definition) is 3. The smallest absolute Gasteiger partial charge is 0.125 e. The third-order valence-electron chi connectivity index (χ3n) is 2.01. The minimum Gasteiger partial charge on any atom is -0.384 e. The van der Waals surface area contributed by atoms with Crippen LogP contribution in [0.2, 0.25) is 0 Å². The second-order valence-electron chi connectivity index (χ2n) is 3.02. The zero-order valence-electron chi connectivity index (χ0n) is 7.73. The number of nitrogens with zero attached hydrogens (tertiary/aromatic N) is 1. The van der Waals surface area contributed by atoms with Crippen molar-refractivity contribution >= 4 is 27.5 Å². The van der Waals surface area contributed by atoms with Crippen LogP contribution in [0.15, 0.2) is 35.2 Å². The van der Waals surface area contributed by atoms with Gasteiger partial charge in [0.05, 0.1) is 21.2 Å². The number of nitrogen functional groups attached to an aromatic ring is 1. The van der Waals surface area contributed by atoms with E-state index in [1.54, 1.807) is 12.3 Å². The van der Waals surface area contributed by atoms with Crippen molar-refractivity contribution in [3.8, 4) is 0 Å². The number of hydrogen-bond donors (Lipinski definition) is 1. The van der Waals surface area contributed by atoms with Crippen LogP contribution in [-0.4, -0.2) is 15.4 Å². The van der Waals surface area contributed by atoms with Gasteiger partial charge < -0.3 is 5.73 Å². The van der Waals surface area contributed by atoms with Crippen molar-refractivity contribution < 1.29 is 4.21 Å². The lowest BCUT2D eigenvalue weighted by atomic mass is 10.2. The Morgan fingerprint density at radius 2 is 2.07 bits per heavy atom. The first-order valence-corrected chi connectivity index (χ1v) is 5.73. The van der Waals surface area contributed by atoms with E-state index in [4.69, 9.17) is 5.73 Å². The number of fused-ring (bicyclic) bond motifs is 1. The van der Waals surface area contributed by atoms with Gasteiger partial charge in [-0.1, -0.05) is 18.2 Å². The molecule has 4 heteroatoms. The molecule has 72 valence electrons. The molecule has 0 aliphatic heterocycles. The molecule has 2 rings (SSSR count). The molecule has 0 aliphatic carbocycles. The maximum Gasteiger partial charge on any atom is 0.125 e. The zero-order valence-corrected chi connectivity index (χ0v) is 8.54.